The summed E-state index contributed by atoms with van der Waals surface area (Å²) in [6.07, 6.45) is -0.857. The van der Waals surface area contributed by atoms with Gasteiger partial charge in [0.15, 0.2) is 0 Å². The molecule has 1 aliphatic heterocycles. The minimum Gasteiger partial charge on any atom is -0.394 e. The smallest absolute Gasteiger partial charge is 0.227 e. The van der Waals surface area contributed by atoms with Crippen molar-refractivity contribution in [1.82, 2.24) is 5.32 Å². The zero-order valence-corrected chi connectivity index (χ0v) is 9.66. The number of hydrogen-bond acceptors (Lipinski definition) is 5. The number of nitrogens with one attached hydrogen (secondary N) is 1. The molecular weight excluding hydrogens is 222 g/mol. The minimum atomic E-state index is -0.857. The second-order valence-corrected chi connectivity index (χ2v) is 6.09. The van der Waals surface area contributed by atoms with Crippen molar-refractivity contribution in [2.24, 2.45) is 5.41 Å². The van der Waals surface area contributed by atoms with Crippen molar-refractivity contribution >= 4 is 27.5 Å². The number of carbonyl (C=O) groups is 1. The van der Waals surface area contributed by atoms with Crippen molar-refractivity contribution < 1.29 is 15.0 Å². The molecule has 82 valence electrons. The molecule has 1 atom stereocenters. The van der Waals surface area contributed by atoms with Crippen LogP contribution in [0.5, 0.6) is 0 Å². The van der Waals surface area contributed by atoms with Crippen LogP contribution >= 0.6 is 21.6 Å². The van der Waals surface area contributed by atoms with Gasteiger partial charge in [-0.15, -0.1) is 0 Å². The average molecular weight is 237 g/mol. The lowest BCUT2D eigenvalue weighted by molar-refractivity contribution is -0.128. The molecule has 1 amide bonds. The molecule has 1 fully saturated rings. The second kappa shape index (κ2) is 5.25. The van der Waals surface area contributed by atoms with Crippen LogP contribution in [0.3, 0.4) is 0 Å². The van der Waals surface area contributed by atoms with Gasteiger partial charge in [-0.3, -0.25) is 4.79 Å². The molecule has 0 bridgehead atoms. The van der Waals surface area contributed by atoms with Gasteiger partial charge in [-0.1, -0.05) is 21.6 Å². The molecule has 1 heterocycles. The average Bonchev–Trinajstić information content (AvgIpc) is 2.62. The van der Waals surface area contributed by atoms with Crippen LogP contribution in [-0.4, -0.2) is 46.9 Å². The Morgan fingerprint density at radius 2 is 2.14 bits per heavy atom. The molecule has 3 N–H and O–H groups in total. The number of hydrogen-bond donors (Lipinski definition) is 3. The van der Waals surface area contributed by atoms with Gasteiger partial charge < -0.3 is 15.5 Å². The maximum absolute atomic E-state index is 11.7. The first-order valence-electron chi connectivity index (χ1n) is 4.40. The van der Waals surface area contributed by atoms with E-state index in [0.717, 1.165) is 11.5 Å². The highest BCUT2D eigenvalue weighted by Gasteiger charge is 2.37. The quantitative estimate of drug-likeness (QED) is 0.594. The largest absolute Gasteiger partial charge is 0.394 e. The fraction of sp³-hybridized carbons (Fsp3) is 0.875. The van der Waals surface area contributed by atoms with Crippen LogP contribution in [0.1, 0.15) is 6.92 Å². The second-order valence-electron chi connectivity index (χ2n) is 3.63. The lowest BCUT2D eigenvalue weighted by Crippen LogP contribution is -2.44. The van der Waals surface area contributed by atoms with Gasteiger partial charge in [-0.25, -0.2) is 0 Å². The molecule has 6 heteroatoms. The zero-order chi connectivity index (χ0) is 10.6. The molecule has 0 aromatic carbocycles. The summed E-state index contributed by atoms with van der Waals surface area (Å²) in [6.45, 7) is 1.72. The van der Waals surface area contributed by atoms with Crippen molar-refractivity contribution in [1.29, 1.82) is 0 Å². The summed E-state index contributed by atoms with van der Waals surface area (Å²) >= 11 is 0. The van der Waals surface area contributed by atoms with Gasteiger partial charge >= 0.3 is 0 Å². The lowest BCUT2D eigenvalue weighted by Gasteiger charge is -2.21. The van der Waals surface area contributed by atoms with E-state index < -0.39 is 6.10 Å². The lowest BCUT2D eigenvalue weighted by atomic mass is 9.95. The molecule has 0 aliphatic carbocycles. The molecular formula is C8H15NO3S2. The number of carbonyl (C=O) groups excluding carboxylic acids is 1. The first kappa shape index (κ1) is 12.2. The van der Waals surface area contributed by atoms with Gasteiger partial charge in [-0.2, -0.15) is 0 Å². The first-order chi connectivity index (χ1) is 6.58. The van der Waals surface area contributed by atoms with E-state index in [0.29, 0.717) is 0 Å². The zero-order valence-electron chi connectivity index (χ0n) is 8.02. The van der Waals surface area contributed by atoms with Crippen LogP contribution in [-0.2, 0) is 4.79 Å². The monoisotopic (exact) mass is 237 g/mol. The Morgan fingerprint density at radius 3 is 2.64 bits per heavy atom. The van der Waals surface area contributed by atoms with Gasteiger partial charge in [-0.05, 0) is 6.92 Å². The number of aliphatic hydroxyl groups is 2. The van der Waals surface area contributed by atoms with E-state index in [-0.39, 0.29) is 24.5 Å². The SMILES string of the molecule is CC1(C(=O)NCC(O)CO)CSSC1. The third-order valence-corrected chi connectivity index (χ3v) is 4.98. The Labute approximate surface area is 91.2 Å². The third kappa shape index (κ3) is 3.05. The van der Waals surface area contributed by atoms with Crippen LogP contribution in [0.4, 0.5) is 0 Å². The number of rotatable bonds is 4. The van der Waals surface area contributed by atoms with E-state index in [1.807, 2.05) is 6.92 Å². The van der Waals surface area contributed by atoms with E-state index in [1.165, 1.54) is 0 Å². The minimum absolute atomic E-state index is 0.0394. The Morgan fingerprint density at radius 1 is 1.57 bits per heavy atom. The Kier molecular flexibility index (Phi) is 4.56. The predicted molar refractivity (Wildman–Crippen MR) is 59.1 cm³/mol. The Bertz CT molecular complexity index is 207. The van der Waals surface area contributed by atoms with Crippen molar-refractivity contribution in [3.63, 3.8) is 0 Å². The maximum atomic E-state index is 11.7. The molecule has 1 saturated heterocycles. The highest BCUT2D eigenvalue weighted by molar-refractivity contribution is 8.77. The molecule has 0 aromatic heterocycles. The predicted octanol–water partition coefficient (Wildman–Crippen LogP) is -0.143. The summed E-state index contributed by atoms with van der Waals surface area (Å²) < 4.78 is 0. The molecule has 0 aromatic rings. The van der Waals surface area contributed by atoms with Crippen molar-refractivity contribution in [3.05, 3.63) is 0 Å². The maximum Gasteiger partial charge on any atom is 0.227 e. The van der Waals surface area contributed by atoms with E-state index in [1.54, 1.807) is 21.6 Å². The summed E-state index contributed by atoms with van der Waals surface area (Å²) in [5, 5.41) is 20.3. The standard InChI is InChI=1S/C8H15NO3S2/c1-8(4-13-14-5-8)7(12)9-2-6(11)3-10/h6,10-11H,2-5H2,1H3,(H,9,12). The highest BCUT2D eigenvalue weighted by Crippen LogP contribution is 2.42. The Hall–Kier alpha value is 0.0900. The number of aliphatic hydroxyl groups excluding tert-OH is 2. The normalized spacial score (nSPS) is 21.9. The molecule has 1 rings (SSSR count). The van der Waals surface area contributed by atoms with Gasteiger partial charge in [0.2, 0.25) is 5.91 Å². The summed E-state index contributed by atoms with van der Waals surface area (Å²) in [4.78, 5) is 11.7. The molecule has 1 aliphatic rings. The Balaban J connectivity index is 2.34. The van der Waals surface area contributed by atoms with Crippen LogP contribution in [0.2, 0.25) is 0 Å². The fourth-order valence-electron chi connectivity index (χ4n) is 1.00. The molecule has 1 unspecified atom stereocenters. The van der Waals surface area contributed by atoms with Crippen LogP contribution in [0.25, 0.3) is 0 Å². The van der Waals surface area contributed by atoms with Gasteiger partial charge in [0.05, 0.1) is 18.1 Å². The summed E-state index contributed by atoms with van der Waals surface area (Å²) in [7, 11) is 3.39. The summed E-state index contributed by atoms with van der Waals surface area (Å²) in [5.41, 5.74) is -0.329. The molecule has 14 heavy (non-hydrogen) atoms. The van der Waals surface area contributed by atoms with Gasteiger partial charge in [0, 0.05) is 18.1 Å². The molecule has 0 radical (unpaired) electrons. The van der Waals surface area contributed by atoms with Crippen LogP contribution in [0.15, 0.2) is 0 Å². The number of amides is 1. The fourth-order valence-corrected chi connectivity index (χ4v) is 4.35. The van der Waals surface area contributed by atoms with Crippen molar-refractivity contribution in [3.8, 4) is 0 Å². The van der Waals surface area contributed by atoms with Crippen molar-refractivity contribution in [2.75, 3.05) is 24.7 Å². The van der Waals surface area contributed by atoms with Gasteiger partial charge in [0.25, 0.3) is 0 Å². The molecule has 4 nitrogen and oxygen atoms in total. The van der Waals surface area contributed by atoms with Crippen LogP contribution < -0.4 is 5.32 Å². The topological polar surface area (TPSA) is 69.6 Å². The van der Waals surface area contributed by atoms with E-state index in [2.05, 4.69) is 5.32 Å². The van der Waals surface area contributed by atoms with E-state index in [9.17, 15) is 4.79 Å². The van der Waals surface area contributed by atoms with Crippen molar-refractivity contribution in [2.45, 2.75) is 13.0 Å². The van der Waals surface area contributed by atoms with E-state index in [4.69, 9.17) is 10.2 Å². The van der Waals surface area contributed by atoms with E-state index >= 15 is 0 Å². The third-order valence-electron chi connectivity index (χ3n) is 2.10. The van der Waals surface area contributed by atoms with Crippen LogP contribution in [0, 0.1) is 5.41 Å². The summed E-state index contributed by atoms with van der Waals surface area (Å²) in [5.74, 6) is 1.57. The highest BCUT2D eigenvalue weighted by atomic mass is 33.1. The summed E-state index contributed by atoms with van der Waals surface area (Å²) in [6, 6.07) is 0. The molecule has 0 spiro atoms. The van der Waals surface area contributed by atoms with Gasteiger partial charge in [0.1, 0.15) is 0 Å². The molecule has 0 saturated carbocycles. The first-order valence-corrected chi connectivity index (χ1v) is 6.89.